The van der Waals surface area contributed by atoms with E-state index >= 15 is 0 Å². The van der Waals surface area contributed by atoms with E-state index in [1.165, 1.54) is 0 Å². The first kappa shape index (κ1) is 9.21. The van der Waals surface area contributed by atoms with Crippen molar-refractivity contribution < 1.29 is 4.79 Å². The summed E-state index contributed by atoms with van der Waals surface area (Å²) in [5.41, 5.74) is 5.86. The zero-order chi connectivity index (χ0) is 9.97. The lowest BCUT2D eigenvalue weighted by Gasteiger charge is -1.98. The van der Waals surface area contributed by atoms with Gasteiger partial charge in [0.05, 0.1) is 6.33 Å². The fourth-order valence-corrected chi connectivity index (χ4v) is 1.24. The molecule has 0 radical (unpaired) electrons. The molecule has 1 aliphatic carbocycles. The maximum Gasteiger partial charge on any atom is 0.271 e. The Balaban J connectivity index is 1.96. The molecular formula is C9H14N4O. The van der Waals surface area contributed by atoms with E-state index in [9.17, 15) is 4.79 Å². The van der Waals surface area contributed by atoms with Crippen LogP contribution in [0.25, 0.3) is 0 Å². The van der Waals surface area contributed by atoms with Gasteiger partial charge in [0, 0.05) is 25.3 Å². The van der Waals surface area contributed by atoms with Gasteiger partial charge in [0.1, 0.15) is 5.69 Å². The topological polar surface area (TPSA) is 72.9 Å². The molecule has 76 valence electrons. The van der Waals surface area contributed by atoms with Gasteiger partial charge in [-0.25, -0.2) is 4.98 Å². The predicted molar refractivity (Wildman–Crippen MR) is 51.8 cm³/mol. The lowest BCUT2D eigenvalue weighted by atomic mass is 10.4. The second kappa shape index (κ2) is 3.79. The van der Waals surface area contributed by atoms with E-state index in [1.54, 1.807) is 12.5 Å². The van der Waals surface area contributed by atoms with E-state index in [-0.39, 0.29) is 5.91 Å². The number of nitrogens with zero attached hydrogens (tertiary/aromatic N) is 2. The highest BCUT2D eigenvalue weighted by Gasteiger charge is 2.24. The molecule has 0 unspecified atom stereocenters. The van der Waals surface area contributed by atoms with Crippen molar-refractivity contribution in [2.75, 3.05) is 6.54 Å². The summed E-state index contributed by atoms with van der Waals surface area (Å²) < 4.78 is 1.82. The standard InChI is InChI=1S/C9H14N4O/c10-3-4-13-5-8(11-6-13)9(14)12-7-1-2-7/h5-7H,1-4,10H2,(H,12,14). The van der Waals surface area contributed by atoms with Crippen molar-refractivity contribution in [1.29, 1.82) is 0 Å². The van der Waals surface area contributed by atoms with Gasteiger partial charge in [-0.15, -0.1) is 0 Å². The number of aromatic nitrogens is 2. The molecule has 0 saturated heterocycles. The first-order valence-corrected chi connectivity index (χ1v) is 4.82. The van der Waals surface area contributed by atoms with Gasteiger partial charge in [0.2, 0.25) is 0 Å². The highest BCUT2D eigenvalue weighted by molar-refractivity contribution is 5.92. The smallest absolute Gasteiger partial charge is 0.271 e. The summed E-state index contributed by atoms with van der Waals surface area (Å²) >= 11 is 0. The van der Waals surface area contributed by atoms with Crippen LogP contribution in [0, 0.1) is 0 Å². The van der Waals surface area contributed by atoms with E-state index in [2.05, 4.69) is 10.3 Å². The van der Waals surface area contributed by atoms with Crippen LogP contribution >= 0.6 is 0 Å². The van der Waals surface area contributed by atoms with Gasteiger partial charge in [-0.3, -0.25) is 4.79 Å². The molecule has 14 heavy (non-hydrogen) atoms. The first-order valence-electron chi connectivity index (χ1n) is 4.82. The van der Waals surface area contributed by atoms with Gasteiger partial charge >= 0.3 is 0 Å². The molecule has 5 heteroatoms. The number of nitrogens with one attached hydrogen (secondary N) is 1. The Labute approximate surface area is 82.3 Å². The van der Waals surface area contributed by atoms with Crippen LogP contribution < -0.4 is 11.1 Å². The average molecular weight is 194 g/mol. The van der Waals surface area contributed by atoms with Crippen LogP contribution in [0.5, 0.6) is 0 Å². The largest absolute Gasteiger partial charge is 0.348 e. The second-order valence-corrected chi connectivity index (χ2v) is 3.53. The van der Waals surface area contributed by atoms with Crippen LogP contribution in [0.3, 0.4) is 0 Å². The van der Waals surface area contributed by atoms with Crippen LogP contribution in [0.1, 0.15) is 23.3 Å². The molecule has 1 saturated carbocycles. The van der Waals surface area contributed by atoms with Crippen molar-refractivity contribution in [3.63, 3.8) is 0 Å². The number of carbonyl (C=O) groups is 1. The molecule has 1 fully saturated rings. The number of carbonyl (C=O) groups excluding carboxylic acids is 1. The summed E-state index contributed by atoms with van der Waals surface area (Å²) in [5.74, 6) is -0.0803. The molecule has 0 atom stereocenters. The van der Waals surface area contributed by atoms with Crippen LogP contribution in [-0.4, -0.2) is 28.0 Å². The Hall–Kier alpha value is -1.36. The van der Waals surface area contributed by atoms with Crippen molar-refractivity contribution in [1.82, 2.24) is 14.9 Å². The molecule has 0 aromatic carbocycles. The fraction of sp³-hybridized carbons (Fsp3) is 0.556. The zero-order valence-corrected chi connectivity index (χ0v) is 7.94. The molecule has 0 spiro atoms. The molecule has 5 nitrogen and oxygen atoms in total. The maximum atomic E-state index is 11.5. The van der Waals surface area contributed by atoms with Crippen molar-refractivity contribution in [3.05, 3.63) is 18.2 Å². The second-order valence-electron chi connectivity index (χ2n) is 3.53. The number of amides is 1. The summed E-state index contributed by atoms with van der Waals surface area (Å²) in [7, 11) is 0. The van der Waals surface area contributed by atoms with Crippen LogP contribution in [-0.2, 0) is 6.54 Å². The van der Waals surface area contributed by atoms with Gasteiger partial charge in [0.25, 0.3) is 5.91 Å². The Kier molecular flexibility index (Phi) is 2.49. The molecule has 0 aliphatic heterocycles. The van der Waals surface area contributed by atoms with E-state index < -0.39 is 0 Å². The molecule has 1 aliphatic rings. The maximum absolute atomic E-state index is 11.5. The number of imidazole rings is 1. The van der Waals surface area contributed by atoms with Gasteiger partial charge in [-0.2, -0.15) is 0 Å². The molecule has 1 aromatic heterocycles. The fourth-order valence-electron chi connectivity index (χ4n) is 1.24. The molecular weight excluding hydrogens is 180 g/mol. The Morgan fingerprint density at radius 3 is 3.14 bits per heavy atom. The number of nitrogens with two attached hydrogens (primary N) is 1. The monoisotopic (exact) mass is 194 g/mol. The minimum atomic E-state index is -0.0803. The summed E-state index contributed by atoms with van der Waals surface area (Å²) in [6, 6.07) is 0.377. The minimum Gasteiger partial charge on any atom is -0.348 e. The van der Waals surface area contributed by atoms with Crippen LogP contribution in [0.15, 0.2) is 12.5 Å². The van der Waals surface area contributed by atoms with Crippen molar-refractivity contribution in [2.24, 2.45) is 5.73 Å². The summed E-state index contributed by atoms with van der Waals surface area (Å²) in [5, 5.41) is 2.88. The lowest BCUT2D eigenvalue weighted by molar-refractivity contribution is 0.0946. The van der Waals surface area contributed by atoms with Gasteiger partial charge in [-0.05, 0) is 12.8 Å². The van der Waals surface area contributed by atoms with Crippen molar-refractivity contribution in [3.8, 4) is 0 Å². The van der Waals surface area contributed by atoms with Gasteiger partial charge in [0.15, 0.2) is 0 Å². The first-order chi connectivity index (χ1) is 6.79. The molecule has 1 aromatic rings. The predicted octanol–water partition coefficient (Wildman–Crippen LogP) is -0.266. The van der Waals surface area contributed by atoms with Gasteiger partial charge < -0.3 is 15.6 Å². The molecule has 1 heterocycles. The number of hydrogen-bond donors (Lipinski definition) is 2. The molecule has 3 N–H and O–H groups in total. The molecule has 2 rings (SSSR count). The van der Waals surface area contributed by atoms with E-state index in [1.807, 2.05) is 4.57 Å². The third kappa shape index (κ3) is 2.11. The van der Waals surface area contributed by atoms with Gasteiger partial charge in [-0.1, -0.05) is 0 Å². The summed E-state index contributed by atoms with van der Waals surface area (Å²) in [6.07, 6.45) is 5.55. The van der Waals surface area contributed by atoms with E-state index in [0.29, 0.717) is 24.8 Å². The lowest BCUT2D eigenvalue weighted by Crippen LogP contribution is -2.25. The van der Waals surface area contributed by atoms with Crippen molar-refractivity contribution in [2.45, 2.75) is 25.4 Å². The average Bonchev–Trinajstić information content (AvgIpc) is 2.83. The summed E-state index contributed by atoms with van der Waals surface area (Å²) in [4.78, 5) is 15.5. The van der Waals surface area contributed by atoms with E-state index in [4.69, 9.17) is 5.73 Å². The quantitative estimate of drug-likeness (QED) is 0.693. The Bertz CT molecular complexity index is 329. The van der Waals surface area contributed by atoms with Crippen molar-refractivity contribution >= 4 is 5.91 Å². The number of hydrogen-bond acceptors (Lipinski definition) is 3. The highest BCUT2D eigenvalue weighted by Crippen LogP contribution is 2.18. The van der Waals surface area contributed by atoms with E-state index in [0.717, 1.165) is 12.8 Å². The Morgan fingerprint density at radius 2 is 2.50 bits per heavy atom. The summed E-state index contributed by atoms with van der Waals surface area (Å²) in [6.45, 7) is 1.25. The van der Waals surface area contributed by atoms with Crippen LogP contribution in [0.2, 0.25) is 0 Å². The Morgan fingerprint density at radius 1 is 1.71 bits per heavy atom. The molecule has 1 amide bonds. The zero-order valence-electron chi connectivity index (χ0n) is 7.94. The highest BCUT2D eigenvalue weighted by atomic mass is 16.2. The normalized spacial score (nSPS) is 15.5. The molecule has 0 bridgehead atoms. The third-order valence-corrected chi connectivity index (χ3v) is 2.17. The number of rotatable bonds is 4. The minimum absolute atomic E-state index is 0.0803. The SMILES string of the molecule is NCCn1cnc(C(=O)NC2CC2)c1. The third-order valence-electron chi connectivity index (χ3n) is 2.17. The van der Waals surface area contributed by atoms with Crippen LogP contribution in [0.4, 0.5) is 0 Å².